The van der Waals surface area contributed by atoms with Crippen molar-refractivity contribution in [3.05, 3.63) is 160 Å². The third kappa shape index (κ3) is 14.0. The number of pyridine rings is 2. The second-order valence-electron chi connectivity index (χ2n) is 18.0. The van der Waals surface area contributed by atoms with Crippen molar-refractivity contribution in [1.29, 1.82) is 0 Å². The van der Waals surface area contributed by atoms with Crippen molar-refractivity contribution in [3.8, 4) is 34.3 Å². The monoisotopic (exact) mass is 1010 g/mol. The maximum Gasteiger partial charge on any atom is 0.494 e. The molecule has 0 radical (unpaired) electrons. The normalized spacial score (nSPS) is 16.6. The van der Waals surface area contributed by atoms with Crippen molar-refractivity contribution >= 4 is 59.2 Å². The van der Waals surface area contributed by atoms with Crippen LogP contribution in [-0.2, 0) is 9.31 Å². The minimum absolute atomic E-state index is 0.108. The molecule has 0 aliphatic carbocycles. The van der Waals surface area contributed by atoms with Crippen molar-refractivity contribution in [2.75, 3.05) is 66.5 Å². The molecule has 12 nitrogen and oxygen atoms in total. The number of amides is 2. The van der Waals surface area contributed by atoms with Crippen LogP contribution in [0.5, 0.6) is 23.0 Å². The lowest BCUT2D eigenvalue weighted by molar-refractivity contribution is 0.00578. The lowest BCUT2D eigenvalue weighted by Gasteiger charge is -2.32. The van der Waals surface area contributed by atoms with Gasteiger partial charge < -0.3 is 38.4 Å². The molecular formula is C52H54BCl3F2N6O6. The van der Waals surface area contributed by atoms with Crippen LogP contribution in [0, 0.1) is 11.6 Å². The van der Waals surface area contributed by atoms with Gasteiger partial charge in [0.05, 0.1) is 16.9 Å². The lowest BCUT2D eigenvalue weighted by Crippen LogP contribution is -2.47. The first-order valence-corrected chi connectivity index (χ1v) is 23.8. The number of likely N-dealkylation sites (N-methyl/N-ethyl adjacent to an activating group) is 2. The van der Waals surface area contributed by atoms with Crippen molar-refractivity contribution in [2.45, 2.75) is 38.9 Å². The number of halogens is 5. The number of benzene rings is 4. The van der Waals surface area contributed by atoms with Crippen LogP contribution in [0.25, 0.3) is 11.3 Å². The smallest absolute Gasteiger partial charge is 0.457 e. The van der Waals surface area contributed by atoms with Gasteiger partial charge in [0.2, 0.25) is 0 Å². The Kier molecular flexibility index (Phi) is 17.2. The summed E-state index contributed by atoms with van der Waals surface area (Å²) in [5.41, 5.74) is 2.31. The number of hydrogen-bond donors (Lipinski definition) is 0. The van der Waals surface area contributed by atoms with Gasteiger partial charge in [-0.1, -0.05) is 46.9 Å². The fraction of sp³-hybridized carbons (Fsp3) is 0.308. The Hall–Kier alpha value is -5.65. The molecule has 3 fully saturated rings. The number of hydrogen-bond acceptors (Lipinski definition) is 10. The first-order chi connectivity index (χ1) is 33.3. The van der Waals surface area contributed by atoms with Crippen molar-refractivity contribution in [1.82, 2.24) is 29.6 Å². The number of carbonyl (C=O) groups is 2. The van der Waals surface area contributed by atoms with Crippen LogP contribution in [0.3, 0.4) is 0 Å². The Labute approximate surface area is 423 Å². The third-order valence-electron chi connectivity index (χ3n) is 12.2. The Morgan fingerprint density at radius 1 is 0.543 bits per heavy atom. The Morgan fingerprint density at radius 3 is 1.33 bits per heavy atom. The zero-order chi connectivity index (χ0) is 50.2. The van der Waals surface area contributed by atoms with E-state index in [1.54, 1.807) is 59.5 Å². The van der Waals surface area contributed by atoms with E-state index in [-0.39, 0.29) is 46.9 Å². The van der Waals surface area contributed by atoms with Gasteiger partial charge in [-0.05, 0) is 156 Å². The Balaban J connectivity index is 0.000000161. The largest absolute Gasteiger partial charge is 0.494 e. The molecule has 3 saturated heterocycles. The van der Waals surface area contributed by atoms with Crippen molar-refractivity contribution < 1.29 is 37.2 Å². The Morgan fingerprint density at radius 2 is 0.914 bits per heavy atom. The first-order valence-electron chi connectivity index (χ1n) is 22.7. The fourth-order valence-corrected chi connectivity index (χ4v) is 7.99. The quantitative estimate of drug-likeness (QED) is 0.108. The van der Waals surface area contributed by atoms with E-state index < -0.39 is 0 Å². The summed E-state index contributed by atoms with van der Waals surface area (Å²) in [6, 6.07) is 33.0. The van der Waals surface area contributed by atoms with Gasteiger partial charge in [-0.15, -0.1) is 0 Å². The van der Waals surface area contributed by atoms with Crippen LogP contribution in [0.2, 0.25) is 15.2 Å². The third-order valence-corrected chi connectivity index (χ3v) is 12.9. The maximum atomic E-state index is 13.0. The number of piperazine rings is 2. The molecule has 0 spiro atoms. The van der Waals surface area contributed by atoms with Gasteiger partial charge in [0.1, 0.15) is 51.2 Å². The van der Waals surface area contributed by atoms with E-state index in [4.69, 9.17) is 53.6 Å². The first kappa shape index (κ1) is 52.2. The summed E-state index contributed by atoms with van der Waals surface area (Å²) in [5.74, 6) is 1.61. The number of nitrogens with zero attached hydrogens (tertiary/aromatic N) is 6. The van der Waals surface area contributed by atoms with Gasteiger partial charge >= 0.3 is 7.12 Å². The number of carbonyl (C=O) groups excluding carboxylic acids is 2. The molecule has 3 aliphatic rings. The summed E-state index contributed by atoms with van der Waals surface area (Å²) in [5, 5.41) is 1.14. The molecule has 2 aromatic heterocycles. The van der Waals surface area contributed by atoms with Gasteiger partial charge in [0.15, 0.2) is 0 Å². The topological polar surface area (TPSA) is 110 Å². The van der Waals surface area contributed by atoms with Crippen LogP contribution in [0.4, 0.5) is 8.78 Å². The highest BCUT2D eigenvalue weighted by molar-refractivity contribution is 6.62. The van der Waals surface area contributed by atoms with E-state index in [9.17, 15) is 18.4 Å². The van der Waals surface area contributed by atoms with Gasteiger partial charge in [-0.3, -0.25) is 9.59 Å². The molecule has 9 rings (SSSR count). The molecule has 5 heterocycles. The van der Waals surface area contributed by atoms with E-state index >= 15 is 0 Å². The molecule has 0 saturated carbocycles. The molecule has 0 N–H and O–H groups in total. The molecule has 6 aromatic rings. The highest BCUT2D eigenvalue weighted by atomic mass is 35.5. The van der Waals surface area contributed by atoms with Crippen molar-refractivity contribution in [3.63, 3.8) is 0 Å². The zero-order valence-corrected chi connectivity index (χ0v) is 42.1. The average molecular weight is 1010 g/mol. The molecule has 0 unspecified atom stereocenters. The van der Waals surface area contributed by atoms with E-state index in [0.717, 1.165) is 37.2 Å². The second-order valence-corrected chi connectivity index (χ2v) is 19.3. The lowest BCUT2D eigenvalue weighted by atomic mass is 9.79. The molecule has 18 heteroatoms. The fourth-order valence-electron chi connectivity index (χ4n) is 7.32. The summed E-state index contributed by atoms with van der Waals surface area (Å²) < 4.78 is 49.4. The van der Waals surface area contributed by atoms with E-state index in [1.807, 2.05) is 83.1 Å². The van der Waals surface area contributed by atoms with Crippen LogP contribution in [0.1, 0.15) is 48.7 Å². The zero-order valence-electron chi connectivity index (χ0n) is 39.8. The Bertz CT molecular complexity index is 2690. The van der Waals surface area contributed by atoms with Gasteiger partial charge in [-0.2, -0.15) is 0 Å². The predicted octanol–water partition coefficient (Wildman–Crippen LogP) is 10.4. The highest BCUT2D eigenvalue weighted by Gasteiger charge is 2.51. The highest BCUT2D eigenvalue weighted by Crippen LogP contribution is 2.37. The predicted molar refractivity (Wildman–Crippen MR) is 271 cm³/mol. The van der Waals surface area contributed by atoms with Gasteiger partial charge in [-0.25, -0.2) is 18.7 Å². The number of rotatable bonds is 8. The molecule has 3 aliphatic heterocycles. The van der Waals surface area contributed by atoms with Crippen LogP contribution in [-0.4, -0.2) is 126 Å². The summed E-state index contributed by atoms with van der Waals surface area (Å²) in [4.78, 5) is 41.5. The standard InChI is InChI=1S/C23H21ClFN3O2.C18H20BFO3.C11H13Cl2N3O/c1-27-10-12-28(13-11-27)23(29)22-15-17(24)14-21(26-22)16-2-6-19(7-3-16)30-20-8-4-18(25)5-9-20;1-17(2)18(3,4)23-19(22-17)13-5-9-15(10-6-13)21-16-11-7-14(20)8-12-16;1-15-2-4-16(5-3-15)11(17)9-6-8(12)7-10(13)14-9/h2-9,14-15H,10-13H2,1H3;5-12H,1-4H3;6-7H,2-5H2,1H3. The number of ether oxygens (including phenoxy) is 2. The van der Waals surface area contributed by atoms with E-state index in [2.05, 4.69) is 19.8 Å². The average Bonchev–Trinajstić information content (AvgIpc) is 3.56. The summed E-state index contributed by atoms with van der Waals surface area (Å²) in [6.07, 6.45) is 0. The molecule has 0 atom stereocenters. The summed E-state index contributed by atoms with van der Waals surface area (Å²) in [7, 11) is 3.69. The maximum absolute atomic E-state index is 13.0. The molecular weight excluding hydrogens is 960 g/mol. The molecule has 2 amide bonds. The van der Waals surface area contributed by atoms with Gasteiger partial charge in [0, 0.05) is 68.0 Å². The summed E-state index contributed by atoms with van der Waals surface area (Å²) in [6.45, 7) is 14.3. The van der Waals surface area contributed by atoms with Gasteiger partial charge in [0.25, 0.3) is 11.8 Å². The van der Waals surface area contributed by atoms with Crippen LogP contribution >= 0.6 is 34.8 Å². The van der Waals surface area contributed by atoms with Crippen LogP contribution in [0.15, 0.2) is 121 Å². The number of aromatic nitrogens is 2. The second kappa shape index (κ2) is 23.1. The minimum Gasteiger partial charge on any atom is -0.457 e. The van der Waals surface area contributed by atoms with E-state index in [1.165, 1.54) is 30.3 Å². The summed E-state index contributed by atoms with van der Waals surface area (Å²) >= 11 is 17.9. The van der Waals surface area contributed by atoms with Crippen LogP contribution < -0.4 is 14.9 Å². The molecule has 0 bridgehead atoms. The minimum atomic E-state index is -0.389. The van der Waals surface area contributed by atoms with E-state index in [0.29, 0.717) is 76.3 Å². The van der Waals surface area contributed by atoms with Crippen molar-refractivity contribution in [2.24, 2.45) is 0 Å². The molecule has 366 valence electrons. The SMILES string of the molecule is CC1(C)OB(c2ccc(Oc3ccc(F)cc3)cc2)OC1(C)C.CN1CCN(C(=O)c2cc(Cl)cc(-c3ccc(Oc4ccc(F)cc4)cc3)n2)CC1.CN1CCN(C(=O)c2cc(Cl)cc(Cl)n2)CC1. The molecule has 4 aromatic carbocycles. The molecule has 70 heavy (non-hydrogen) atoms.